The van der Waals surface area contributed by atoms with E-state index in [4.69, 9.17) is 18.8 Å². The minimum absolute atomic E-state index is 0.654. The third-order valence-corrected chi connectivity index (χ3v) is 11.2. The molecule has 0 spiro atoms. The summed E-state index contributed by atoms with van der Waals surface area (Å²) in [6.45, 7) is 0. The first kappa shape index (κ1) is 31.6. The summed E-state index contributed by atoms with van der Waals surface area (Å²) in [6, 6.07) is 65.5. The maximum Gasteiger partial charge on any atom is 0.160 e. The quantitative estimate of drug-likeness (QED) is 0.177. The number of aromatic nitrogens is 3. The summed E-state index contributed by atoms with van der Waals surface area (Å²) >= 11 is 0. The summed E-state index contributed by atoms with van der Waals surface area (Å²) in [5.74, 6) is 0.654. The first-order valence-corrected chi connectivity index (χ1v) is 19.1. The summed E-state index contributed by atoms with van der Waals surface area (Å²) in [7, 11) is 0. The van der Waals surface area contributed by atoms with Gasteiger partial charge in [-0.3, -0.25) is 0 Å². The molecule has 8 aromatic carbocycles. The fourth-order valence-corrected chi connectivity index (χ4v) is 8.56. The first-order chi connectivity index (χ1) is 28.2. The second-order valence-corrected chi connectivity index (χ2v) is 14.5. The van der Waals surface area contributed by atoms with Crippen LogP contribution in [0.5, 0.6) is 0 Å². The van der Waals surface area contributed by atoms with Gasteiger partial charge in [0.1, 0.15) is 22.3 Å². The van der Waals surface area contributed by atoms with Crippen LogP contribution in [0.15, 0.2) is 197 Å². The SMILES string of the molecule is c1ccc(-c2nc(-c3ccc4c(c3)oc3ccccc34)cc(-c3cccc4oc5ccc(-c6ccc7c(c6)c6ccccc6n7-c6ccccc6)cc5c34)n2)cc1. The lowest BCUT2D eigenvalue weighted by atomic mass is 9.98. The lowest BCUT2D eigenvalue weighted by Crippen LogP contribution is -1.96. The molecule has 4 aromatic heterocycles. The van der Waals surface area contributed by atoms with Crippen LogP contribution in [0.4, 0.5) is 0 Å². The van der Waals surface area contributed by atoms with E-state index in [1.807, 2.05) is 48.5 Å². The van der Waals surface area contributed by atoms with Gasteiger partial charge in [0, 0.05) is 54.7 Å². The van der Waals surface area contributed by atoms with Crippen LogP contribution in [-0.4, -0.2) is 14.5 Å². The molecule has 4 heterocycles. The maximum absolute atomic E-state index is 6.53. The Morgan fingerprint density at radius 2 is 0.982 bits per heavy atom. The van der Waals surface area contributed by atoms with Crippen molar-refractivity contribution in [3.8, 4) is 50.7 Å². The van der Waals surface area contributed by atoms with Crippen molar-refractivity contribution in [2.24, 2.45) is 0 Å². The van der Waals surface area contributed by atoms with Crippen molar-refractivity contribution in [1.82, 2.24) is 14.5 Å². The van der Waals surface area contributed by atoms with Crippen LogP contribution in [0.3, 0.4) is 0 Å². The van der Waals surface area contributed by atoms with Crippen LogP contribution in [0.1, 0.15) is 0 Å². The van der Waals surface area contributed by atoms with Gasteiger partial charge in [0.2, 0.25) is 0 Å². The second-order valence-electron chi connectivity index (χ2n) is 14.5. The van der Waals surface area contributed by atoms with E-state index in [2.05, 4.69) is 144 Å². The molecule has 0 aliphatic carbocycles. The summed E-state index contributed by atoms with van der Waals surface area (Å²) < 4.78 is 15.2. The molecule has 0 aliphatic rings. The molecule has 12 aromatic rings. The molecular weight excluding hydrogens is 699 g/mol. The average Bonchev–Trinajstić information content (AvgIpc) is 3.95. The third kappa shape index (κ3) is 5.03. The van der Waals surface area contributed by atoms with E-state index in [-0.39, 0.29) is 0 Å². The highest BCUT2D eigenvalue weighted by molar-refractivity contribution is 6.14. The molecule has 0 N–H and O–H groups in total. The number of benzene rings is 8. The topological polar surface area (TPSA) is 57.0 Å². The van der Waals surface area contributed by atoms with E-state index in [9.17, 15) is 0 Å². The summed E-state index contributed by atoms with van der Waals surface area (Å²) in [4.78, 5) is 10.4. The van der Waals surface area contributed by atoms with Crippen molar-refractivity contribution >= 4 is 65.7 Å². The molecule has 0 saturated heterocycles. The van der Waals surface area contributed by atoms with Gasteiger partial charge >= 0.3 is 0 Å². The molecule has 12 rings (SSSR count). The zero-order chi connectivity index (χ0) is 37.5. The van der Waals surface area contributed by atoms with Gasteiger partial charge in [0.25, 0.3) is 0 Å². The lowest BCUT2D eigenvalue weighted by Gasteiger charge is -2.10. The van der Waals surface area contributed by atoms with Gasteiger partial charge in [0.05, 0.1) is 22.4 Å². The number of fused-ring (bicyclic) bond motifs is 9. The van der Waals surface area contributed by atoms with Gasteiger partial charge in [-0.15, -0.1) is 0 Å². The Hall–Kier alpha value is -7.76. The number of hydrogen-bond donors (Lipinski definition) is 0. The van der Waals surface area contributed by atoms with E-state index < -0.39 is 0 Å². The second kappa shape index (κ2) is 12.4. The van der Waals surface area contributed by atoms with Crippen LogP contribution < -0.4 is 0 Å². The van der Waals surface area contributed by atoms with E-state index >= 15 is 0 Å². The number of furan rings is 2. The van der Waals surface area contributed by atoms with Gasteiger partial charge in [0.15, 0.2) is 5.82 Å². The van der Waals surface area contributed by atoms with Crippen molar-refractivity contribution in [3.05, 3.63) is 188 Å². The smallest absolute Gasteiger partial charge is 0.160 e. The van der Waals surface area contributed by atoms with E-state index in [0.717, 1.165) is 88.8 Å². The number of para-hydroxylation sites is 3. The minimum Gasteiger partial charge on any atom is -0.456 e. The fraction of sp³-hybridized carbons (Fsp3) is 0. The summed E-state index contributed by atoms with van der Waals surface area (Å²) in [5, 5.41) is 6.68. The summed E-state index contributed by atoms with van der Waals surface area (Å²) in [5.41, 5.74) is 13.6. The molecule has 0 radical (unpaired) electrons. The highest BCUT2D eigenvalue weighted by Gasteiger charge is 2.19. The Morgan fingerprint density at radius 3 is 1.86 bits per heavy atom. The highest BCUT2D eigenvalue weighted by Crippen LogP contribution is 2.41. The summed E-state index contributed by atoms with van der Waals surface area (Å²) in [6.07, 6.45) is 0. The van der Waals surface area contributed by atoms with Gasteiger partial charge in [-0.1, -0.05) is 115 Å². The Labute approximate surface area is 326 Å². The Kier molecular flexibility index (Phi) is 6.86. The van der Waals surface area contributed by atoms with Gasteiger partial charge in [-0.05, 0) is 83.9 Å². The fourth-order valence-electron chi connectivity index (χ4n) is 8.56. The molecule has 0 bridgehead atoms. The van der Waals surface area contributed by atoms with Gasteiger partial charge < -0.3 is 13.4 Å². The molecule has 57 heavy (non-hydrogen) atoms. The van der Waals surface area contributed by atoms with Gasteiger partial charge in [-0.2, -0.15) is 0 Å². The zero-order valence-electron chi connectivity index (χ0n) is 30.6. The Morgan fingerprint density at radius 1 is 0.351 bits per heavy atom. The number of hydrogen-bond acceptors (Lipinski definition) is 4. The van der Waals surface area contributed by atoms with E-state index in [1.165, 1.54) is 21.8 Å². The van der Waals surface area contributed by atoms with Crippen LogP contribution in [0.2, 0.25) is 0 Å². The molecule has 5 heteroatoms. The average molecular weight is 730 g/mol. The molecule has 5 nitrogen and oxygen atoms in total. The first-order valence-electron chi connectivity index (χ1n) is 19.1. The Balaban J connectivity index is 1.03. The molecule has 0 amide bonds. The standard InChI is InChI=1S/C52H31N3O2/c1-3-12-32(13-4-1)52-53-43(35-22-25-39-38-17-8-10-20-47(38)57-50(39)30-35)31-44(54-52)40-18-11-21-49-51(40)42-29-34(24-27-48(42)56-49)33-23-26-46-41(28-33)37-16-7-9-19-45(37)55(46)36-14-5-2-6-15-36/h1-31H. The molecule has 0 saturated carbocycles. The van der Waals surface area contributed by atoms with Crippen LogP contribution in [-0.2, 0) is 0 Å². The van der Waals surface area contributed by atoms with Crippen molar-refractivity contribution < 1.29 is 8.83 Å². The third-order valence-electron chi connectivity index (χ3n) is 11.2. The maximum atomic E-state index is 6.53. The number of nitrogens with zero attached hydrogens (tertiary/aromatic N) is 3. The predicted octanol–water partition coefficient (Wildman–Crippen LogP) is 14.0. The molecule has 0 atom stereocenters. The van der Waals surface area contributed by atoms with Crippen molar-refractivity contribution in [1.29, 1.82) is 0 Å². The van der Waals surface area contributed by atoms with Gasteiger partial charge in [-0.25, -0.2) is 9.97 Å². The molecule has 0 unspecified atom stereocenters. The number of rotatable bonds is 5. The Bertz CT molecular complexity index is 3520. The highest BCUT2D eigenvalue weighted by atomic mass is 16.3. The molecule has 0 fully saturated rings. The normalized spacial score (nSPS) is 11.9. The van der Waals surface area contributed by atoms with Crippen molar-refractivity contribution in [2.45, 2.75) is 0 Å². The van der Waals surface area contributed by atoms with Crippen LogP contribution in [0, 0.1) is 0 Å². The lowest BCUT2D eigenvalue weighted by molar-refractivity contribution is 0.668. The van der Waals surface area contributed by atoms with E-state index in [0.29, 0.717) is 5.82 Å². The minimum atomic E-state index is 0.654. The monoisotopic (exact) mass is 729 g/mol. The van der Waals surface area contributed by atoms with Crippen molar-refractivity contribution in [3.63, 3.8) is 0 Å². The molecule has 266 valence electrons. The van der Waals surface area contributed by atoms with Crippen molar-refractivity contribution in [2.75, 3.05) is 0 Å². The van der Waals surface area contributed by atoms with Crippen LogP contribution in [0.25, 0.3) is 116 Å². The largest absolute Gasteiger partial charge is 0.456 e. The predicted molar refractivity (Wildman–Crippen MR) is 233 cm³/mol. The van der Waals surface area contributed by atoms with Crippen LogP contribution >= 0.6 is 0 Å². The zero-order valence-corrected chi connectivity index (χ0v) is 30.6. The molecule has 0 aliphatic heterocycles. The van der Waals surface area contributed by atoms with E-state index in [1.54, 1.807) is 0 Å². The molecular formula is C52H31N3O2.